The molecule has 0 unspecified atom stereocenters. The average molecular weight is 359 g/mol. The molecule has 0 bridgehead atoms. The predicted octanol–water partition coefficient (Wildman–Crippen LogP) is 2.14. The minimum absolute atomic E-state index is 0.00663. The molecule has 26 heavy (non-hydrogen) atoms. The highest BCUT2D eigenvalue weighted by Crippen LogP contribution is 2.32. The number of rotatable bonds is 6. The highest BCUT2D eigenvalue weighted by Gasteiger charge is 2.31. The van der Waals surface area contributed by atoms with Crippen LogP contribution in [0.25, 0.3) is 0 Å². The van der Waals surface area contributed by atoms with Crippen molar-refractivity contribution in [1.82, 2.24) is 20.0 Å². The lowest BCUT2D eigenvalue weighted by Crippen LogP contribution is -2.31. The van der Waals surface area contributed by atoms with E-state index in [9.17, 15) is 4.79 Å². The summed E-state index contributed by atoms with van der Waals surface area (Å²) in [6, 6.07) is 3.70. The molecule has 140 valence electrons. The molecular formula is C18H25N5O3. The molecular weight excluding hydrogens is 334 g/mol. The molecule has 2 aromatic rings. The Morgan fingerprint density at radius 3 is 2.88 bits per heavy atom. The van der Waals surface area contributed by atoms with E-state index in [0.717, 1.165) is 36.7 Å². The molecule has 0 saturated carbocycles. The molecule has 0 radical (unpaired) electrons. The van der Waals surface area contributed by atoms with Crippen molar-refractivity contribution in [2.24, 2.45) is 0 Å². The third kappa shape index (κ3) is 3.95. The average Bonchev–Trinajstić information content (AvgIpc) is 3.28. The van der Waals surface area contributed by atoms with Gasteiger partial charge in [0.2, 0.25) is 5.91 Å². The molecule has 1 atom stereocenters. The monoisotopic (exact) mass is 359 g/mol. The second kappa shape index (κ2) is 7.72. The molecule has 0 aromatic carbocycles. The second-order valence-electron chi connectivity index (χ2n) is 6.67. The van der Waals surface area contributed by atoms with Gasteiger partial charge in [-0.25, -0.2) is 9.97 Å². The summed E-state index contributed by atoms with van der Waals surface area (Å²) in [6.07, 6.45) is 2.78. The van der Waals surface area contributed by atoms with Crippen LogP contribution in [0, 0.1) is 6.92 Å². The minimum Gasteiger partial charge on any atom is -0.479 e. The number of anilines is 1. The number of likely N-dealkylation sites (tertiary alicyclic amines) is 1. The van der Waals surface area contributed by atoms with Crippen molar-refractivity contribution in [3.8, 4) is 5.88 Å². The molecule has 1 saturated heterocycles. The van der Waals surface area contributed by atoms with Gasteiger partial charge in [-0.1, -0.05) is 0 Å². The summed E-state index contributed by atoms with van der Waals surface area (Å²) in [5.41, 5.74) is 0.911. The third-order valence-corrected chi connectivity index (χ3v) is 4.55. The van der Waals surface area contributed by atoms with Crippen LogP contribution in [0.3, 0.4) is 0 Å². The Morgan fingerprint density at radius 2 is 2.19 bits per heavy atom. The first-order chi connectivity index (χ1) is 12.5. The fourth-order valence-corrected chi connectivity index (χ4v) is 3.23. The number of hydrogen-bond acceptors (Lipinski definition) is 7. The smallest absolute Gasteiger partial charge is 0.254 e. The van der Waals surface area contributed by atoms with E-state index in [4.69, 9.17) is 9.26 Å². The van der Waals surface area contributed by atoms with E-state index in [1.807, 2.05) is 36.9 Å². The van der Waals surface area contributed by atoms with Crippen LogP contribution in [0.15, 0.2) is 16.7 Å². The largest absolute Gasteiger partial charge is 0.479 e. The van der Waals surface area contributed by atoms with Gasteiger partial charge in [0.1, 0.15) is 17.4 Å². The molecule has 3 heterocycles. The predicted molar refractivity (Wildman–Crippen MR) is 96.2 cm³/mol. The number of aryl methyl sites for hydroxylation is 2. The lowest BCUT2D eigenvalue weighted by Gasteiger charge is -2.25. The zero-order valence-electron chi connectivity index (χ0n) is 15.7. The quantitative estimate of drug-likeness (QED) is 0.781. The number of ether oxygens (including phenoxy) is 1. The number of carbonyl (C=O) groups excluding carboxylic acids is 1. The SMILES string of the molecule is COc1cc(CCC(=O)N2CCC[C@H]2c2cc(N(C)C)nc(C)n2)on1. The maximum absolute atomic E-state index is 12.8. The molecule has 1 aliphatic rings. The normalized spacial score (nSPS) is 16.8. The molecule has 1 aliphatic heterocycles. The van der Waals surface area contributed by atoms with Gasteiger partial charge in [0, 0.05) is 45.6 Å². The van der Waals surface area contributed by atoms with Crippen LogP contribution in [0.2, 0.25) is 0 Å². The van der Waals surface area contributed by atoms with Gasteiger partial charge in [-0.3, -0.25) is 4.79 Å². The summed E-state index contributed by atoms with van der Waals surface area (Å²) < 4.78 is 10.2. The summed E-state index contributed by atoms with van der Waals surface area (Å²) in [4.78, 5) is 25.7. The molecule has 8 nitrogen and oxygen atoms in total. The first-order valence-electron chi connectivity index (χ1n) is 8.80. The topological polar surface area (TPSA) is 84.6 Å². The van der Waals surface area contributed by atoms with Gasteiger partial charge in [0.15, 0.2) is 0 Å². The molecule has 0 aliphatic carbocycles. The van der Waals surface area contributed by atoms with Crippen molar-refractivity contribution >= 4 is 11.7 Å². The second-order valence-corrected chi connectivity index (χ2v) is 6.67. The zero-order valence-corrected chi connectivity index (χ0v) is 15.7. The summed E-state index contributed by atoms with van der Waals surface area (Å²) >= 11 is 0. The van der Waals surface area contributed by atoms with Crippen molar-refractivity contribution < 1.29 is 14.1 Å². The van der Waals surface area contributed by atoms with Crippen LogP contribution in [0.1, 0.15) is 42.6 Å². The fourth-order valence-electron chi connectivity index (χ4n) is 3.23. The number of nitrogens with zero attached hydrogens (tertiary/aromatic N) is 5. The van der Waals surface area contributed by atoms with Gasteiger partial charge >= 0.3 is 0 Å². The molecule has 0 N–H and O–H groups in total. The fraction of sp³-hybridized carbons (Fsp3) is 0.556. The van der Waals surface area contributed by atoms with Crippen LogP contribution in [0.5, 0.6) is 5.88 Å². The number of aromatic nitrogens is 3. The van der Waals surface area contributed by atoms with E-state index in [1.54, 1.807) is 6.07 Å². The lowest BCUT2D eigenvalue weighted by atomic mass is 10.1. The number of amides is 1. The van der Waals surface area contributed by atoms with Crippen molar-refractivity contribution in [2.75, 3.05) is 32.6 Å². The van der Waals surface area contributed by atoms with Crippen molar-refractivity contribution in [1.29, 1.82) is 0 Å². The number of methoxy groups -OCH3 is 1. The van der Waals surface area contributed by atoms with Crippen LogP contribution in [-0.2, 0) is 11.2 Å². The molecule has 0 spiro atoms. The van der Waals surface area contributed by atoms with Gasteiger partial charge in [-0.15, -0.1) is 0 Å². The van der Waals surface area contributed by atoms with Gasteiger partial charge in [0.25, 0.3) is 5.88 Å². The zero-order chi connectivity index (χ0) is 18.7. The van der Waals surface area contributed by atoms with Crippen molar-refractivity contribution in [3.05, 3.63) is 29.4 Å². The van der Waals surface area contributed by atoms with Crippen molar-refractivity contribution in [2.45, 2.75) is 38.6 Å². The maximum Gasteiger partial charge on any atom is 0.254 e. The van der Waals surface area contributed by atoms with Gasteiger partial charge in [-0.2, -0.15) is 0 Å². The van der Waals surface area contributed by atoms with Crippen molar-refractivity contribution in [3.63, 3.8) is 0 Å². The molecule has 1 fully saturated rings. The number of hydrogen-bond donors (Lipinski definition) is 0. The Kier molecular flexibility index (Phi) is 5.39. The Morgan fingerprint density at radius 1 is 1.38 bits per heavy atom. The van der Waals surface area contributed by atoms with E-state index in [2.05, 4.69) is 15.1 Å². The lowest BCUT2D eigenvalue weighted by molar-refractivity contribution is -0.132. The van der Waals surface area contributed by atoms with E-state index in [-0.39, 0.29) is 11.9 Å². The minimum atomic E-state index is 0.00663. The standard InChI is InChI=1S/C18H25N5O3/c1-12-19-14(11-16(20-12)22(2)3)15-6-5-9-23(15)18(24)8-7-13-10-17(25-4)21-26-13/h10-11,15H,5-9H2,1-4H3/t15-/m0/s1. The van der Waals surface area contributed by atoms with E-state index >= 15 is 0 Å². The summed E-state index contributed by atoms with van der Waals surface area (Å²) in [7, 11) is 5.44. The van der Waals surface area contributed by atoms with Gasteiger partial charge in [-0.05, 0) is 24.9 Å². The summed E-state index contributed by atoms with van der Waals surface area (Å²) in [5, 5.41) is 3.76. The van der Waals surface area contributed by atoms with Crippen LogP contribution < -0.4 is 9.64 Å². The van der Waals surface area contributed by atoms with Gasteiger partial charge in [0.05, 0.1) is 18.8 Å². The molecule has 3 rings (SSSR count). The van der Waals surface area contributed by atoms with Crippen LogP contribution in [0.4, 0.5) is 5.82 Å². The summed E-state index contributed by atoms with van der Waals surface area (Å²) in [5.74, 6) is 2.77. The Hall–Kier alpha value is -2.64. The number of carbonyl (C=O) groups is 1. The Labute approximate surface area is 153 Å². The first-order valence-corrected chi connectivity index (χ1v) is 8.80. The Balaban J connectivity index is 1.70. The molecule has 2 aromatic heterocycles. The first kappa shape index (κ1) is 18.2. The van der Waals surface area contributed by atoms with Crippen LogP contribution >= 0.6 is 0 Å². The highest BCUT2D eigenvalue weighted by molar-refractivity contribution is 5.77. The molecule has 8 heteroatoms. The molecule has 1 amide bonds. The Bertz CT molecular complexity index is 774. The van der Waals surface area contributed by atoms with E-state index in [0.29, 0.717) is 24.5 Å². The van der Waals surface area contributed by atoms with E-state index < -0.39 is 0 Å². The van der Waals surface area contributed by atoms with Gasteiger partial charge < -0.3 is 19.1 Å². The third-order valence-electron chi connectivity index (χ3n) is 4.55. The van der Waals surface area contributed by atoms with E-state index in [1.165, 1.54) is 7.11 Å². The highest BCUT2D eigenvalue weighted by atomic mass is 16.5. The van der Waals surface area contributed by atoms with Crippen LogP contribution in [-0.4, -0.2) is 53.7 Å². The maximum atomic E-state index is 12.8. The summed E-state index contributed by atoms with van der Waals surface area (Å²) in [6.45, 7) is 2.64.